The third kappa shape index (κ3) is 7.52. The molecule has 0 radical (unpaired) electrons. The summed E-state index contributed by atoms with van der Waals surface area (Å²) >= 11 is 0. The maximum Gasteiger partial charge on any atom is 0.191 e. The third-order valence-electron chi connectivity index (χ3n) is 5.32. The van der Waals surface area contributed by atoms with Gasteiger partial charge in [0.25, 0.3) is 0 Å². The van der Waals surface area contributed by atoms with Crippen LogP contribution in [0.5, 0.6) is 0 Å². The number of rotatable bonds is 8. The van der Waals surface area contributed by atoms with Gasteiger partial charge in [-0.2, -0.15) is 0 Å². The Morgan fingerprint density at radius 3 is 2.75 bits per heavy atom. The first-order valence-electron chi connectivity index (χ1n) is 10.6. The molecule has 3 rings (SSSR count). The van der Waals surface area contributed by atoms with Gasteiger partial charge in [-0.15, -0.1) is 24.0 Å². The van der Waals surface area contributed by atoms with Crippen molar-refractivity contribution in [1.82, 2.24) is 15.5 Å². The van der Waals surface area contributed by atoms with Gasteiger partial charge in [-0.3, -0.25) is 9.89 Å². The zero-order valence-corrected chi connectivity index (χ0v) is 19.9. The number of hydrogen-bond acceptors (Lipinski definition) is 3. The van der Waals surface area contributed by atoms with E-state index in [0.717, 1.165) is 51.8 Å². The Balaban J connectivity index is 0.00000280. The van der Waals surface area contributed by atoms with Crippen LogP contribution >= 0.6 is 24.0 Å². The topological polar surface area (TPSA) is 48.9 Å². The Kier molecular flexibility index (Phi) is 10.0. The summed E-state index contributed by atoms with van der Waals surface area (Å²) in [6.07, 6.45) is 1.49. The number of ether oxygens (including phenoxy) is 1. The van der Waals surface area contributed by atoms with Crippen LogP contribution in [0.25, 0.3) is 0 Å². The summed E-state index contributed by atoms with van der Waals surface area (Å²) < 4.78 is 5.94. The van der Waals surface area contributed by atoms with Crippen molar-refractivity contribution in [2.45, 2.75) is 39.2 Å². The summed E-state index contributed by atoms with van der Waals surface area (Å²) in [5.41, 5.74) is 1.46. The summed E-state index contributed by atoms with van der Waals surface area (Å²) in [6, 6.07) is 10.8. The number of nitrogens with one attached hydrogen (secondary N) is 2. The number of guanidine groups is 1. The highest BCUT2D eigenvalue weighted by Gasteiger charge is 2.37. The van der Waals surface area contributed by atoms with Gasteiger partial charge in [0.1, 0.15) is 0 Å². The van der Waals surface area contributed by atoms with E-state index in [1.54, 1.807) is 0 Å². The van der Waals surface area contributed by atoms with Crippen LogP contribution in [0, 0.1) is 11.8 Å². The molecule has 1 saturated heterocycles. The minimum atomic E-state index is 0. The summed E-state index contributed by atoms with van der Waals surface area (Å²) in [5.74, 6) is 2.98. The lowest BCUT2D eigenvalue weighted by molar-refractivity contribution is -0.0284. The number of hydrogen-bond donors (Lipinski definition) is 2. The molecule has 1 aromatic carbocycles. The van der Waals surface area contributed by atoms with Crippen LogP contribution in [0.15, 0.2) is 35.3 Å². The highest BCUT2D eigenvalue weighted by molar-refractivity contribution is 14.0. The second kappa shape index (κ2) is 12.0. The predicted molar refractivity (Wildman–Crippen MR) is 128 cm³/mol. The fourth-order valence-electron chi connectivity index (χ4n) is 3.90. The fraction of sp³-hybridized carbons (Fsp3) is 0.682. The molecule has 6 heteroatoms. The van der Waals surface area contributed by atoms with Crippen LogP contribution in [0.3, 0.4) is 0 Å². The molecule has 2 aliphatic rings. The van der Waals surface area contributed by atoms with E-state index in [1.807, 2.05) is 0 Å². The zero-order chi connectivity index (χ0) is 19.1. The first-order chi connectivity index (χ1) is 13.2. The Morgan fingerprint density at radius 1 is 1.25 bits per heavy atom. The summed E-state index contributed by atoms with van der Waals surface area (Å²) in [4.78, 5) is 7.34. The molecule has 0 bridgehead atoms. The van der Waals surface area contributed by atoms with Crippen LogP contribution in [-0.4, -0.2) is 62.8 Å². The molecule has 1 saturated carbocycles. The van der Waals surface area contributed by atoms with Crippen molar-refractivity contribution in [1.29, 1.82) is 0 Å². The van der Waals surface area contributed by atoms with E-state index in [9.17, 15) is 0 Å². The van der Waals surface area contributed by atoms with Crippen molar-refractivity contribution in [3.05, 3.63) is 35.9 Å². The van der Waals surface area contributed by atoms with Crippen molar-refractivity contribution >= 4 is 29.9 Å². The van der Waals surface area contributed by atoms with Crippen LogP contribution in [0.4, 0.5) is 0 Å². The maximum atomic E-state index is 5.94. The molecule has 0 spiro atoms. The summed E-state index contributed by atoms with van der Waals surface area (Å²) in [5, 5.41) is 6.86. The summed E-state index contributed by atoms with van der Waals surface area (Å²) in [6.45, 7) is 13.3. The molecule has 1 aliphatic heterocycles. The molecule has 3 atom stereocenters. The van der Waals surface area contributed by atoms with E-state index in [0.29, 0.717) is 17.8 Å². The Labute approximate surface area is 187 Å². The largest absolute Gasteiger partial charge is 0.374 e. The normalized spacial score (nSPS) is 25.3. The van der Waals surface area contributed by atoms with Crippen molar-refractivity contribution in [2.75, 3.05) is 45.9 Å². The third-order valence-corrected chi connectivity index (χ3v) is 5.32. The predicted octanol–water partition coefficient (Wildman–Crippen LogP) is 3.32. The lowest BCUT2D eigenvalue weighted by Gasteiger charge is -2.34. The van der Waals surface area contributed by atoms with Gasteiger partial charge in [0.2, 0.25) is 0 Å². The van der Waals surface area contributed by atoms with Gasteiger partial charge in [0.05, 0.1) is 12.7 Å². The van der Waals surface area contributed by atoms with Crippen LogP contribution in [0.1, 0.15) is 38.7 Å². The van der Waals surface area contributed by atoms with E-state index in [4.69, 9.17) is 9.73 Å². The second-order valence-electron chi connectivity index (χ2n) is 8.26. The lowest BCUT2D eigenvalue weighted by atomic mass is 10.1. The fourth-order valence-corrected chi connectivity index (χ4v) is 3.90. The van der Waals surface area contributed by atoms with Gasteiger partial charge in [0, 0.05) is 39.3 Å². The first-order valence-corrected chi connectivity index (χ1v) is 10.6. The molecule has 0 amide bonds. The number of halogens is 1. The van der Waals surface area contributed by atoms with Gasteiger partial charge in [-0.1, -0.05) is 44.2 Å². The highest BCUT2D eigenvalue weighted by atomic mass is 127. The van der Waals surface area contributed by atoms with Gasteiger partial charge < -0.3 is 15.4 Å². The first kappa shape index (κ1) is 23.4. The van der Waals surface area contributed by atoms with E-state index in [1.165, 1.54) is 12.0 Å². The van der Waals surface area contributed by atoms with E-state index in [2.05, 4.69) is 66.6 Å². The Bertz CT molecular complexity index is 595. The molecule has 3 unspecified atom stereocenters. The Hall–Kier alpha value is -0.860. The molecule has 1 aliphatic carbocycles. The quantitative estimate of drug-likeness (QED) is 0.327. The van der Waals surface area contributed by atoms with Gasteiger partial charge in [-0.05, 0) is 36.7 Å². The molecule has 1 aromatic rings. The summed E-state index contributed by atoms with van der Waals surface area (Å²) in [7, 11) is 0. The monoisotopic (exact) mass is 500 g/mol. The highest BCUT2D eigenvalue weighted by Crippen LogP contribution is 2.47. The molecule has 0 aromatic heterocycles. The number of nitrogens with zero attached hydrogens (tertiary/aromatic N) is 2. The number of morpholine rings is 1. The molecule has 2 N–H and O–H groups in total. The molecule has 158 valence electrons. The van der Waals surface area contributed by atoms with E-state index < -0.39 is 0 Å². The Morgan fingerprint density at radius 2 is 2.04 bits per heavy atom. The van der Waals surface area contributed by atoms with Gasteiger partial charge in [-0.25, -0.2) is 0 Å². The van der Waals surface area contributed by atoms with Crippen molar-refractivity contribution in [3.63, 3.8) is 0 Å². The molecule has 5 nitrogen and oxygen atoms in total. The smallest absolute Gasteiger partial charge is 0.191 e. The van der Waals surface area contributed by atoms with Crippen LogP contribution < -0.4 is 10.6 Å². The van der Waals surface area contributed by atoms with Gasteiger partial charge in [0.15, 0.2) is 5.96 Å². The molecular formula is C22H37IN4O. The molecule has 28 heavy (non-hydrogen) atoms. The van der Waals surface area contributed by atoms with Gasteiger partial charge >= 0.3 is 0 Å². The van der Waals surface area contributed by atoms with E-state index in [-0.39, 0.29) is 30.1 Å². The van der Waals surface area contributed by atoms with Crippen molar-refractivity contribution in [2.24, 2.45) is 16.8 Å². The standard InChI is InChI=1S/C22H36N4O.HI/c1-4-23-22(24-13-19-12-21(19)18-8-6-5-7-9-18)25-14-20-16-26(10-11-27-20)15-17(2)3;/h5-9,17,19-21H,4,10-16H2,1-3H3,(H2,23,24,25);1H. The van der Waals surface area contributed by atoms with Crippen molar-refractivity contribution < 1.29 is 4.74 Å². The van der Waals surface area contributed by atoms with Crippen molar-refractivity contribution in [3.8, 4) is 0 Å². The SMILES string of the molecule is CCNC(=NCC1CC1c1ccccc1)NCC1CN(CC(C)C)CCO1.I. The molecular weight excluding hydrogens is 463 g/mol. The average Bonchev–Trinajstić information content (AvgIpc) is 3.44. The van der Waals surface area contributed by atoms with Crippen LogP contribution in [-0.2, 0) is 4.74 Å². The maximum absolute atomic E-state index is 5.94. The van der Waals surface area contributed by atoms with Crippen LogP contribution in [0.2, 0.25) is 0 Å². The lowest BCUT2D eigenvalue weighted by Crippen LogP contribution is -2.50. The number of aliphatic imine (C=N–C) groups is 1. The molecule has 1 heterocycles. The second-order valence-corrected chi connectivity index (χ2v) is 8.26. The minimum absolute atomic E-state index is 0. The molecule has 2 fully saturated rings. The minimum Gasteiger partial charge on any atom is -0.374 e. The zero-order valence-electron chi connectivity index (χ0n) is 17.6. The number of benzene rings is 1. The van der Waals surface area contributed by atoms with E-state index >= 15 is 0 Å². The average molecular weight is 500 g/mol.